The van der Waals surface area contributed by atoms with Gasteiger partial charge < -0.3 is 15.3 Å². The third-order valence-electron chi connectivity index (χ3n) is 6.15. The van der Waals surface area contributed by atoms with Crippen LogP contribution in [0.1, 0.15) is 42.6 Å². The molecule has 1 aliphatic carbocycles. The molecular formula is C23H30F3N6O4+. The van der Waals surface area contributed by atoms with Crippen molar-refractivity contribution in [2.75, 3.05) is 32.7 Å². The summed E-state index contributed by atoms with van der Waals surface area (Å²) in [7, 11) is 0. The summed E-state index contributed by atoms with van der Waals surface area (Å²) < 4.78 is 40.4. The highest BCUT2D eigenvalue weighted by Crippen LogP contribution is 2.21. The molecule has 13 heteroatoms. The second-order valence-electron chi connectivity index (χ2n) is 9.69. The van der Waals surface area contributed by atoms with Crippen LogP contribution in [0.2, 0.25) is 0 Å². The van der Waals surface area contributed by atoms with Gasteiger partial charge in [-0.2, -0.15) is 17.7 Å². The van der Waals surface area contributed by atoms with Gasteiger partial charge in [0.05, 0.1) is 24.8 Å². The lowest BCUT2D eigenvalue weighted by Gasteiger charge is -2.34. The van der Waals surface area contributed by atoms with Crippen molar-refractivity contribution in [2.24, 2.45) is 5.92 Å². The monoisotopic (exact) mass is 511 g/mol. The summed E-state index contributed by atoms with van der Waals surface area (Å²) in [4.78, 5) is 41.1. The first-order valence-electron chi connectivity index (χ1n) is 11.9. The highest BCUT2D eigenvalue weighted by atomic mass is 19.4. The van der Waals surface area contributed by atoms with Crippen LogP contribution in [0.5, 0.6) is 5.88 Å². The molecule has 1 saturated heterocycles. The van der Waals surface area contributed by atoms with Gasteiger partial charge in [-0.3, -0.25) is 14.5 Å². The maximum atomic E-state index is 13.1. The van der Waals surface area contributed by atoms with Gasteiger partial charge >= 0.3 is 23.3 Å². The van der Waals surface area contributed by atoms with Gasteiger partial charge in [-0.25, -0.2) is 9.89 Å². The fourth-order valence-corrected chi connectivity index (χ4v) is 4.25. The van der Waals surface area contributed by atoms with Crippen LogP contribution in [0.25, 0.3) is 11.7 Å². The van der Waals surface area contributed by atoms with Gasteiger partial charge in [-0.15, -0.1) is 0 Å². The number of nitrogens with zero attached hydrogens (tertiary/aromatic N) is 4. The zero-order chi connectivity index (χ0) is 26.2. The highest BCUT2D eigenvalue weighted by Gasteiger charge is 2.35. The van der Waals surface area contributed by atoms with E-state index >= 15 is 0 Å². The molecule has 1 aliphatic heterocycles. The molecule has 0 unspecified atom stereocenters. The Hall–Kier alpha value is -3.35. The number of aromatic nitrogens is 3. The quantitative estimate of drug-likeness (QED) is 0.378. The molecule has 1 saturated carbocycles. The number of fused-ring (bicyclic) bond motifs is 1. The Bertz CT molecular complexity index is 1240. The molecule has 3 heterocycles. The Labute approximate surface area is 205 Å². The van der Waals surface area contributed by atoms with Gasteiger partial charge in [0, 0.05) is 38.3 Å². The van der Waals surface area contributed by atoms with E-state index < -0.39 is 30.1 Å². The summed E-state index contributed by atoms with van der Waals surface area (Å²) >= 11 is 0. The van der Waals surface area contributed by atoms with Crippen molar-refractivity contribution >= 4 is 23.5 Å². The molecule has 196 valence electrons. The van der Waals surface area contributed by atoms with E-state index in [4.69, 9.17) is 0 Å². The van der Waals surface area contributed by atoms with Crippen molar-refractivity contribution in [3.8, 4) is 5.88 Å². The van der Waals surface area contributed by atoms with E-state index in [2.05, 4.69) is 10.4 Å². The first-order chi connectivity index (χ1) is 16.9. The fourth-order valence-electron chi connectivity index (χ4n) is 4.25. The molecule has 0 spiro atoms. The number of alkyl halides is 3. The summed E-state index contributed by atoms with van der Waals surface area (Å²) in [6, 6.07) is -0.000904. The number of hydrogen-bond acceptors (Lipinski definition) is 5. The minimum Gasteiger partial charge on any atom is -0.477 e. The van der Waals surface area contributed by atoms with Crippen molar-refractivity contribution < 1.29 is 32.4 Å². The Kier molecular flexibility index (Phi) is 7.12. The number of aromatic amines is 1. The molecule has 2 fully saturated rings. The standard InChI is InChI=1S/C23H29F3N6O4/c1-14(2)12-31-20-15(3-6-17(33)30-9-7-29(8-10-30)13-23(24,25)26)11-27-32(20)22(36)18(21(31)35)19(34)28-16-4-5-16/h3,6,11,14,16H,4-5,7-10,12-13H2,1-2H3,(H2,28,34,35,36)/p+1/b6-3+. The molecule has 0 radical (unpaired) electrons. The van der Waals surface area contributed by atoms with E-state index in [9.17, 15) is 32.7 Å². The van der Waals surface area contributed by atoms with Crippen LogP contribution < -0.4 is 15.4 Å². The number of hydrogen-bond donors (Lipinski definition) is 3. The van der Waals surface area contributed by atoms with Crippen molar-refractivity contribution in [3.63, 3.8) is 0 Å². The van der Waals surface area contributed by atoms with E-state index in [1.165, 1.54) is 32.7 Å². The van der Waals surface area contributed by atoms with E-state index in [0.29, 0.717) is 12.1 Å². The van der Waals surface area contributed by atoms with Crippen LogP contribution in [-0.4, -0.2) is 81.3 Å². The highest BCUT2D eigenvalue weighted by molar-refractivity contribution is 5.96. The second-order valence-corrected chi connectivity index (χ2v) is 9.69. The Balaban J connectivity index is 1.59. The maximum absolute atomic E-state index is 13.1. The zero-order valence-electron chi connectivity index (χ0n) is 20.1. The first kappa shape index (κ1) is 25.7. The zero-order valence-corrected chi connectivity index (χ0v) is 20.1. The first-order valence-corrected chi connectivity index (χ1v) is 11.9. The van der Waals surface area contributed by atoms with Crippen molar-refractivity contribution in [1.82, 2.24) is 24.7 Å². The molecule has 10 nitrogen and oxygen atoms in total. The van der Waals surface area contributed by atoms with Crippen LogP contribution in [0.15, 0.2) is 17.1 Å². The SMILES string of the molecule is CC(C)C[n+]1c(O)c(C(=O)NC2CC2)c(=O)n2[nH]cc(/C=C/C(=O)N3CCN(CC(F)(F)F)CC3)c21. The van der Waals surface area contributed by atoms with Crippen LogP contribution in [0.4, 0.5) is 13.2 Å². The third-order valence-corrected chi connectivity index (χ3v) is 6.15. The van der Waals surface area contributed by atoms with E-state index in [0.717, 1.165) is 17.4 Å². The average Bonchev–Trinajstić information content (AvgIpc) is 3.49. The molecule has 0 aromatic carbocycles. The number of nitrogens with one attached hydrogen (secondary N) is 2. The summed E-state index contributed by atoms with van der Waals surface area (Å²) in [5.74, 6) is -1.40. The lowest BCUT2D eigenvalue weighted by Crippen LogP contribution is -2.50. The molecule has 4 rings (SSSR count). The fraction of sp³-hybridized carbons (Fsp3) is 0.565. The smallest absolute Gasteiger partial charge is 0.401 e. The Morgan fingerprint density at radius 1 is 1.25 bits per heavy atom. The molecule has 2 amide bonds. The molecule has 2 aromatic rings. The van der Waals surface area contributed by atoms with Gasteiger partial charge in [0.25, 0.3) is 5.91 Å². The normalized spacial score (nSPS) is 17.4. The molecule has 2 aliphatic rings. The molecular weight excluding hydrogens is 481 g/mol. The third kappa shape index (κ3) is 5.72. The summed E-state index contributed by atoms with van der Waals surface area (Å²) in [6.07, 6.45) is 1.62. The topological polar surface area (TPSA) is 114 Å². The minimum absolute atomic E-state index is 0.000904. The molecule has 2 aromatic heterocycles. The van der Waals surface area contributed by atoms with Gasteiger partial charge in [0.2, 0.25) is 11.5 Å². The van der Waals surface area contributed by atoms with Gasteiger partial charge in [-0.1, -0.05) is 18.4 Å². The number of carbonyl (C=O) groups excluding carboxylic acids is 2. The van der Waals surface area contributed by atoms with Crippen LogP contribution in [0.3, 0.4) is 0 Å². The summed E-state index contributed by atoms with van der Waals surface area (Å²) in [5, 5.41) is 16.5. The number of halogens is 3. The van der Waals surface area contributed by atoms with E-state index in [-0.39, 0.29) is 55.3 Å². The lowest BCUT2D eigenvalue weighted by atomic mass is 10.2. The molecule has 3 N–H and O–H groups in total. The summed E-state index contributed by atoms with van der Waals surface area (Å²) in [5.41, 5.74) is -0.355. The van der Waals surface area contributed by atoms with Gasteiger partial charge in [0.1, 0.15) is 0 Å². The Morgan fingerprint density at radius 3 is 2.50 bits per heavy atom. The largest absolute Gasteiger partial charge is 0.477 e. The predicted molar refractivity (Wildman–Crippen MR) is 123 cm³/mol. The second kappa shape index (κ2) is 9.96. The molecule has 0 atom stereocenters. The summed E-state index contributed by atoms with van der Waals surface area (Å²) in [6.45, 7) is 3.71. The lowest BCUT2D eigenvalue weighted by molar-refractivity contribution is -0.686. The minimum atomic E-state index is -4.28. The van der Waals surface area contributed by atoms with Crippen molar-refractivity contribution in [3.05, 3.63) is 33.8 Å². The van der Waals surface area contributed by atoms with Gasteiger partial charge in [-0.05, 0) is 24.8 Å². The van der Waals surface area contributed by atoms with Crippen LogP contribution in [0, 0.1) is 5.92 Å². The molecule has 36 heavy (non-hydrogen) atoms. The predicted octanol–water partition coefficient (Wildman–Crippen LogP) is 0.889. The number of aromatic hydroxyl groups is 1. The van der Waals surface area contributed by atoms with Crippen molar-refractivity contribution in [2.45, 2.75) is 45.5 Å². The number of H-pyrrole nitrogens is 1. The average molecular weight is 512 g/mol. The van der Waals surface area contributed by atoms with Gasteiger partial charge in [0.15, 0.2) is 0 Å². The van der Waals surface area contributed by atoms with Crippen LogP contribution >= 0.6 is 0 Å². The van der Waals surface area contributed by atoms with Crippen LogP contribution in [-0.2, 0) is 11.3 Å². The maximum Gasteiger partial charge on any atom is 0.401 e. The van der Waals surface area contributed by atoms with E-state index in [1.54, 1.807) is 0 Å². The van der Waals surface area contributed by atoms with Crippen molar-refractivity contribution in [1.29, 1.82) is 0 Å². The Morgan fingerprint density at radius 2 is 1.92 bits per heavy atom. The number of amides is 2. The number of rotatable bonds is 7. The van der Waals surface area contributed by atoms with E-state index in [1.807, 2.05) is 13.8 Å². The number of carbonyl (C=O) groups is 2. The molecule has 0 bridgehead atoms. The number of piperazine rings is 1.